The number of nitrogens with zero attached hydrogens (tertiary/aromatic N) is 3. The summed E-state index contributed by atoms with van der Waals surface area (Å²) >= 11 is 5.98. The molecule has 1 aromatic carbocycles. The van der Waals surface area contributed by atoms with Crippen molar-refractivity contribution in [2.45, 2.75) is 31.3 Å². The summed E-state index contributed by atoms with van der Waals surface area (Å²) in [6.07, 6.45) is 3.29. The largest absolute Gasteiger partial charge is 0.465 e. The Bertz CT molecular complexity index is 802. The number of hydrogen-bond donors (Lipinski definition) is 2. The molecule has 26 heavy (non-hydrogen) atoms. The highest BCUT2D eigenvalue weighted by Gasteiger charge is 2.49. The lowest BCUT2D eigenvalue weighted by Gasteiger charge is -2.35. The number of carbonyl (C=O) groups is 2. The number of amides is 2. The normalized spacial score (nSPS) is 19.3. The number of carbonyl (C=O) groups excluding carboxylic acids is 1. The Labute approximate surface area is 156 Å². The lowest BCUT2D eigenvalue weighted by Crippen LogP contribution is -2.58. The van der Waals surface area contributed by atoms with Gasteiger partial charge in [-0.25, -0.2) is 9.78 Å². The van der Waals surface area contributed by atoms with E-state index in [-0.39, 0.29) is 17.6 Å². The molecule has 3 rings (SSSR count). The third kappa shape index (κ3) is 3.62. The number of hydrogen-bond acceptors (Lipinski definition) is 4. The van der Waals surface area contributed by atoms with E-state index in [0.717, 1.165) is 5.56 Å². The van der Waals surface area contributed by atoms with Gasteiger partial charge in [-0.15, -0.1) is 0 Å². The Kier molecular flexibility index (Phi) is 5.37. The summed E-state index contributed by atoms with van der Waals surface area (Å²) in [7, 11) is 0. The van der Waals surface area contributed by atoms with Crippen LogP contribution in [0.15, 0.2) is 42.7 Å². The molecule has 1 fully saturated rings. The Morgan fingerprint density at radius 2 is 1.96 bits per heavy atom. The molecule has 1 aliphatic heterocycles. The number of nitrogens with one attached hydrogen (secondary N) is 1. The second-order valence-electron chi connectivity index (χ2n) is 6.21. The van der Waals surface area contributed by atoms with Gasteiger partial charge in [-0.1, -0.05) is 41.9 Å². The Hall–Kier alpha value is -2.67. The number of halogens is 1. The van der Waals surface area contributed by atoms with Crippen molar-refractivity contribution in [1.29, 1.82) is 0 Å². The maximum Gasteiger partial charge on any atom is 0.408 e. The van der Waals surface area contributed by atoms with Crippen LogP contribution in [0.3, 0.4) is 0 Å². The van der Waals surface area contributed by atoms with Crippen LogP contribution in [0.5, 0.6) is 0 Å². The van der Waals surface area contributed by atoms with Gasteiger partial charge in [0.2, 0.25) is 5.91 Å². The summed E-state index contributed by atoms with van der Waals surface area (Å²) in [6.45, 7) is 0.428. The molecule has 2 heterocycles. The van der Waals surface area contributed by atoms with Crippen LogP contribution >= 0.6 is 11.6 Å². The summed E-state index contributed by atoms with van der Waals surface area (Å²) in [5, 5.41) is 12.6. The lowest BCUT2D eigenvalue weighted by atomic mass is 9.87. The highest BCUT2D eigenvalue weighted by molar-refractivity contribution is 6.30. The molecule has 0 radical (unpaired) electrons. The fourth-order valence-electron chi connectivity index (χ4n) is 3.39. The smallest absolute Gasteiger partial charge is 0.408 e. The number of rotatable bonds is 5. The first-order valence-corrected chi connectivity index (χ1v) is 8.69. The van der Waals surface area contributed by atoms with E-state index in [1.807, 2.05) is 30.3 Å². The molecular formula is C18H19ClN4O3. The quantitative estimate of drug-likeness (QED) is 0.838. The van der Waals surface area contributed by atoms with Gasteiger partial charge in [0.25, 0.3) is 0 Å². The van der Waals surface area contributed by atoms with E-state index in [9.17, 15) is 14.7 Å². The van der Waals surface area contributed by atoms with Crippen molar-refractivity contribution in [2.75, 3.05) is 6.54 Å². The van der Waals surface area contributed by atoms with Crippen molar-refractivity contribution in [1.82, 2.24) is 20.2 Å². The van der Waals surface area contributed by atoms with E-state index in [1.54, 1.807) is 0 Å². The monoisotopic (exact) mass is 374 g/mol. The van der Waals surface area contributed by atoms with Gasteiger partial charge in [-0.3, -0.25) is 14.7 Å². The van der Waals surface area contributed by atoms with E-state index in [2.05, 4.69) is 15.3 Å². The Morgan fingerprint density at radius 3 is 2.65 bits per heavy atom. The molecule has 0 saturated carbocycles. The summed E-state index contributed by atoms with van der Waals surface area (Å²) in [6, 6.07) is 9.43. The summed E-state index contributed by atoms with van der Waals surface area (Å²) in [4.78, 5) is 34.1. The highest BCUT2D eigenvalue weighted by atomic mass is 35.5. The van der Waals surface area contributed by atoms with Crippen molar-refractivity contribution in [3.8, 4) is 0 Å². The van der Waals surface area contributed by atoms with Gasteiger partial charge < -0.3 is 10.4 Å². The van der Waals surface area contributed by atoms with E-state index < -0.39 is 11.6 Å². The molecule has 0 unspecified atom stereocenters. The van der Waals surface area contributed by atoms with Crippen LogP contribution in [0.1, 0.15) is 24.1 Å². The second-order valence-corrected chi connectivity index (χ2v) is 6.57. The van der Waals surface area contributed by atoms with Gasteiger partial charge in [0, 0.05) is 25.4 Å². The van der Waals surface area contributed by atoms with Gasteiger partial charge in [0.05, 0.1) is 12.2 Å². The zero-order valence-electron chi connectivity index (χ0n) is 14.1. The summed E-state index contributed by atoms with van der Waals surface area (Å²) in [5.74, 6) is -0.344. The number of likely N-dealkylation sites (tertiary alicyclic amines) is 1. The molecule has 0 bridgehead atoms. The van der Waals surface area contributed by atoms with Crippen LogP contribution in [-0.2, 0) is 17.8 Å². The van der Waals surface area contributed by atoms with Crippen LogP contribution in [0, 0.1) is 0 Å². The third-order valence-electron chi connectivity index (χ3n) is 4.62. The lowest BCUT2D eigenvalue weighted by molar-refractivity contribution is -0.131. The molecule has 0 aliphatic carbocycles. The van der Waals surface area contributed by atoms with Crippen molar-refractivity contribution < 1.29 is 14.7 Å². The third-order valence-corrected chi connectivity index (χ3v) is 4.94. The van der Waals surface area contributed by atoms with E-state index in [4.69, 9.17) is 11.6 Å². The minimum Gasteiger partial charge on any atom is -0.465 e. The highest BCUT2D eigenvalue weighted by Crippen LogP contribution is 2.33. The SMILES string of the molecule is O=C(O)N1CCC[C@]1(Cc1ccccc1)C(=O)NCc1nccnc1Cl. The minimum atomic E-state index is -1.14. The molecule has 8 heteroatoms. The predicted molar refractivity (Wildman–Crippen MR) is 95.7 cm³/mol. The van der Waals surface area contributed by atoms with Gasteiger partial charge >= 0.3 is 6.09 Å². The first kappa shape index (κ1) is 18.1. The van der Waals surface area contributed by atoms with E-state index >= 15 is 0 Å². The molecule has 2 aromatic rings. The van der Waals surface area contributed by atoms with Crippen molar-refractivity contribution in [2.24, 2.45) is 0 Å². The first-order chi connectivity index (χ1) is 12.5. The van der Waals surface area contributed by atoms with Crippen LogP contribution < -0.4 is 5.32 Å². The molecule has 1 aliphatic rings. The second kappa shape index (κ2) is 7.70. The Balaban J connectivity index is 1.84. The molecule has 1 saturated heterocycles. The van der Waals surface area contributed by atoms with Gasteiger partial charge in [0.1, 0.15) is 5.54 Å². The molecule has 7 nitrogen and oxygen atoms in total. The number of aromatic nitrogens is 2. The van der Waals surface area contributed by atoms with Crippen LogP contribution in [0.2, 0.25) is 5.15 Å². The van der Waals surface area contributed by atoms with Crippen LogP contribution in [-0.4, -0.2) is 44.1 Å². The Morgan fingerprint density at radius 1 is 1.23 bits per heavy atom. The zero-order valence-corrected chi connectivity index (χ0v) is 14.8. The molecule has 1 atom stereocenters. The first-order valence-electron chi connectivity index (χ1n) is 8.31. The molecule has 0 spiro atoms. The van der Waals surface area contributed by atoms with E-state index in [1.165, 1.54) is 17.3 Å². The predicted octanol–water partition coefficient (Wildman–Crippen LogP) is 2.50. The topological polar surface area (TPSA) is 95.4 Å². The standard InChI is InChI=1S/C18H19ClN4O3/c19-15-14(20-8-9-21-15)12-22-16(24)18(7-4-10-23(18)17(25)26)11-13-5-2-1-3-6-13/h1-3,5-6,8-9H,4,7,10-12H2,(H,22,24)(H,25,26)/t18-/m0/s1. The average molecular weight is 375 g/mol. The maximum atomic E-state index is 13.1. The van der Waals surface area contributed by atoms with Gasteiger partial charge in [0.15, 0.2) is 5.15 Å². The van der Waals surface area contributed by atoms with Gasteiger partial charge in [-0.2, -0.15) is 0 Å². The molecule has 136 valence electrons. The number of carboxylic acid groups (broad SMARTS) is 1. The molecule has 2 N–H and O–H groups in total. The fraction of sp³-hybridized carbons (Fsp3) is 0.333. The minimum absolute atomic E-state index is 0.0928. The van der Waals surface area contributed by atoms with Crippen molar-refractivity contribution >= 4 is 23.6 Å². The molecular weight excluding hydrogens is 356 g/mol. The zero-order chi connectivity index (χ0) is 18.6. The average Bonchev–Trinajstić information content (AvgIpc) is 3.07. The number of benzene rings is 1. The summed E-state index contributed by atoms with van der Waals surface area (Å²) in [5.41, 5.74) is 0.215. The van der Waals surface area contributed by atoms with Crippen molar-refractivity contribution in [3.05, 3.63) is 59.1 Å². The molecule has 1 aromatic heterocycles. The maximum absolute atomic E-state index is 13.1. The summed E-state index contributed by atoms with van der Waals surface area (Å²) < 4.78 is 0. The fourth-order valence-corrected chi connectivity index (χ4v) is 3.56. The molecule has 2 amide bonds. The van der Waals surface area contributed by atoms with Crippen molar-refractivity contribution in [3.63, 3.8) is 0 Å². The van der Waals surface area contributed by atoms with Gasteiger partial charge in [-0.05, 0) is 18.4 Å². The van der Waals surface area contributed by atoms with Crippen LogP contribution in [0.25, 0.3) is 0 Å². The van der Waals surface area contributed by atoms with Crippen LogP contribution in [0.4, 0.5) is 4.79 Å². The van der Waals surface area contributed by atoms with E-state index in [0.29, 0.717) is 31.5 Å².